The van der Waals surface area contributed by atoms with E-state index in [-0.39, 0.29) is 18.6 Å². The smallest absolute Gasteiger partial charge is 0.343 e. The van der Waals surface area contributed by atoms with Crippen LogP contribution >= 0.6 is 28.4 Å². The summed E-state index contributed by atoms with van der Waals surface area (Å²) >= 11 is 2.34. The highest BCUT2D eigenvalue weighted by atomic mass is 127. The first-order valence-electron chi connectivity index (χ1n) is 10.7. The van der Waals surface area contributed by atoms with Gasteiger partial charge < -0.3 is 19.5 Å². The first kappa shape index (κ1) is 20.6. The molecule has 0 amide bonds. The average Bonchev–Trinajstić information content (AvgIpc) is 3.18. The zero-order valence-electron chi connectivity index (χ0n) is 17.4. The van der Waals surface area contributed by atoms with Gasteiger partial charge in [0.25, 0.3) is 5.56 Å². The quantitative estimate of drug-likeness (QED) is 0.224. The third-order valence-electron chi connectivity index (χ3n) is 7.11. The minimum atomic E-state index is -1.80. The van der Waals surface area contributed by atoms with Crippen molar-refractivity contribution in [1.82, 2.24) is 9.55 Å². The van der Waals surface area contributed by atoms with Crippen LogP contribution in [0.4, 0.5) is 5.69 Å². The molecule has 32 heavy (non-hydrogen) atoms. The van der Waals surface area contributed by atoms with Crippen molar-refractivity contribution < 1.29 is 14.6 Å². The number of aryl methyl sites for hydroxylation is 2. The molecule has 2 aromatic heterocycles. The number of anilines is 1. The molecule has 2 N–H and O–H groups in total. The number of carbonyl (C=O) groups is 1. The molecular weight excluding hydrogens is 540 g/mol. The molecule has 0 fully saturated rings. The van der Waals surface area contributed by atoms with Gasteiger partial charge in [-0.1, -0.05) is 6.92 Å². The second kappa shape index (κ2) is 7.23. The van der Waals surface area contributed by atoms with Crippen LogP contribution in [0.15, 0.2) is 23.0 Å². The number of rotatable bonds is 3. The van der Waals surface area contributed by atoms with E-state index in [1.54, 1.807) is 17.6 Å². The number of hydrogen-bond acceptors (Lipinski definition) is 6. The summed E-state index contributed by atoms with van der Waals surface area (Å²) in [4.78, 5) is 30.8. The van der Waals surface area contributed by atoms with Gasteiger partial charge in [0.2, 0.25) is 0 Å². The number of cyclic esters (lactones) is 1. The molecule has 2 atom stereocenters. The zero-order chi connectivity index (χ0) is 22.2. The molecule has 1 aromatic carbocycles. The lowest BCUT2D eigenvalue weighted by molar-refractivity contribution is -0.172. The fourth-order valence-electron chi connectivity index (χ4n) is 5.49. The number of pyridine rings is 2. The fraction of sp³-hybridized carbons (Fsp3) is 0.348. The van der Waals surface area contributed by atoms with Crippen LogP contribution in [0.1, 0.15) is 47.6 Å². The molecule has 0 saturated carbocycles. The van der Waals surface area contributed by atoms with Crippen molar-refractivity contribution in [2.45, 2.75) is 51.4 Å². The van der Waals surface area contributed by atoms with Gasteiger partial charge in [0.15, 0.2) is 5.60 Å². The Hall–Kier alpha value is -2.03. The van der Waals surface area contributed by atoms with Crippen molar-refractivity contribution in [2.75, 3.05) is 5.09 Å². The molecule has 0 bridgehead atoms. The maximum Gasteiger partial charge on any atom is 0.343 e. The van der Waals surface area contributed by atoms with Crippen molar-refractivity contribution in [1.29, 1.82) is 0 Å². The Morgan fingerprint density at radius 3 is 2.84 bits per heavy atom. The molecule has 4 heterocycles. The molecule has 0 saturated heterocycles. The number of nitrogens with one attached hydrogen (secondary N) is 1. The normalized spacial score (nSPS) is 20.9. The Morgan fingerprint density at radius 2 is 2.06 bits per heavy atom. The number of aromatic nitrogens is 2. The van der Waals surface area contributed by atoms with E-state index in [1.807, 2.05) is 6.07 Å². The van der Waals surface area contributed by atoms with Gasteiger partial charge in [-0.3, -0.25) is 4.79 Å². The van der Waals surface area contributed by atoms with Gasteiger partial charge >= 0.3 is 5.97 Å². The lowest BCUT2D eigenvalue weighted by Gasteiger charge is -2.31. The van der Waals surface area contributed by atoms with Gasteiger partial charge in [0.05, 0.1) is 29.0 Å². The molecule has 7 nitrogen and oxygen atoms in total. The number of hydrogen-bond donors (Lipinski definition) is 2. The summed E-state index contributed by atoms with van der Waals surface area (Å²) < 4.78 is 6.90. The summed E-state index contributed by atoms with van der Waals surface area (Å²) in [5, 5.41) is 15.8. The Labute approximate surface area is 198 Å². The van der Waals surface area contributed by atoms with Gasteiger partial charge in [-0.15, -0.1) is 0 Å². The van der Waals surface area contributed by atoms with Crippen molar-refractivity contribution >= 4 is 51.0 Å². The number of esters is 1. The van der Waals surface area contributed by atoms with Gasteiger partial charge in [0, 0.05) is 28.6 Å². The summed E-state index contributed by atoms with van der Waals surface area (Å²) in [6, 6.07) is 5.93. The Kier molecular flexibility index (Phi) is 4.65. The van der Waals surface area contributed by atoms with Crippen LogP contribution in [0.2, 0.25) is 0 Å². The topological polar surface area (TPSA) is 93.5 Å². The number of fused-ring (bicyclic) bond motifs is 5. The van der Waals surface area contributed by atoms with Crippen LogP contribution in [0.3, 0.4) is 0 Å². The number of aliphatic hydroxyl groups is 1. The van der Waals surface area contributed by atoms with Crippen molar-refractivity contribution in [2.24, 2.45) is 0 Å². The van der Waals surface area contributed by atoms with E-state index in [0.29, 0.717) is 29.7 Å². The molecule has 1 unspecified atom stereocenters. The number of halogens is 1. The van der Waals surface area contributed by atoms with E-state index in [1.165, 1.54) is 22.2 Å². The summed E-state index contributed by atoms with van der Waals surface area (Å²) in [5.41, 5.74) is 5.92. The van der Waals surface area contributed by atoms with E-state index < -0.39 is 11.6 Å². The number of nitrogens with zero attached hydrogens (tertiary/aromatic N) is 2. The van der Waals surface area contributed by atoms with Crippen LogP contribution in [-0.4, -0.2) is 20.6 Å². The standard InChI is InChI=1S/C23H21IN3O4P/c1-2-23(30)15-8-18-20-13(9-27(18)21(28)14(15)10-31-22(23)29)11-4-3-5-12-16(26-32-24)6-7-17(25-20)19(11)12/h6-8,26,30,32H,2-5,9-10H2,1H3/t23-/m0/s1. The predicted octanol–water partition coefficient (Wildman–Crippen LogP) is 3.92. The lowest BCUT2D eigenvalue weighted by atomic mass is 9.85. The van der Waals surface area contributed by atoms with E-state index in [0.717, 1.165) is 36.0 Å². The molecule has 3 aromatic rings. The summed E-state index contributed by atoms with van der Waals surface area (Å²) in [6.07, 6.45) is 3.75. The van der Waals surface area contributed by atoms with Crippen LogP contribution in [0.5, 0.6) is 0 Å². The molecule has 0 radical (unpaired) electrons. The zero-order valence-corrected chi connectivity index (χ0v) is 20.6. The highest BCUT2D eigenvalue weighted by Crippen LogP contribution is 2.44. The first-order chi connectivity index (χ1) is 15.5. The van der Waals surface area contributed by atoms with Gasteiger partial charge in [-0.25, -0.2) is 9.78 Å². The van der Waals surface area contributed by atoms with Crippen molar-refractivity contribution in [3.8, 4) is 11.4 Å². The monoisotopic (exact) mass is 561 g/mol. The van der Waals surface area contributed by atoms with Crippen LogP contribution in [-0.2, 0) is 41.1 Å². The average molecular weight is 561 g/mol. The second-order valence-corrected chi connectivity index (χ2v) is 10.6. The molecule has 6 rings (SSSR count). The van der Waals surface area contributed by atoms with E-state index in [9.17, 15) is 14.7 Å². The van der Waals surface area contributed by atoms with Gasteiger partial charge in [0.1, 0.15) is 6.61 Å². The summed E-state index contributed by atoms with van der Waals surface area (Å²) in [5.74, 6) is -0.697. The van der Waals surface area contributed by atoms with E-state index in [4.69, 9.17) is 9.72 Å². The van der Waals surface area contributed by atoms with Crippen molar-refractivity contribution in [3.63, 3.8) is 0 Å². The number of carbonyl (C=O) groups excluding carboxylic acids is 1. The van der Waals surface area contributed by atoms with E-state index >= 15 is 0 Å². The molecule has 164 valence electrons. The minimum absolute atomic E-state index is 0.107. The largest absolute Gasteiger partial charge is 0.458 e. The number of ether oxygens (including phenoxy) is 1. The lowest BCUT2D eigenvalue weighted by Crippen LogP contribution is -2.44. The molecule has 9 heteroatoms. The Balaban J connectivity index is 1.63. The number of benzene rings is 1. The highest BCUT2D eigenvalue weighted by molar-refractivity contribution is 14.2. The second-order valence-electron chi connectivity index (χ2n) is 8.58. The van der Waals surface area contributed by atoms with Crippen LogP contribution in [0, 0.1) is 0 Å². The van der Waals surface area contributed by atoms with Crippen LogP contribution in [0.25, 0.3) is 22.3 Å². The van der Waals surface area contributed by atoms with Gasteiger partial charge in [-0.05, 0) is 77.1 Å². The first-order valence-corrected chi connectivity index (χ1v) is 14.9. The van der Waals surface area contributed by atoms with Gasteiger partial charge in [-0.2, -0.15) is 0 Å². The maximum atomic E-state index is 13.4. The molecule has 3 aliphatic rings. The Morgan fingerprint density at radius 1 is 1.25 bits per heavy atom. The maximum absolute atomic E-state index is 13.4. The van der Waals surface area contributed by atoms with Crippen molar-refractivity contribution in [3.05, 3.63) is 56.4 Å². The van der Waals surface area contributed by atoms with E-state index in [2.05, 4.69) is 33.2 Å². The minimum Gasteiger partial charge on any atom is -0.458 e. The molecule has 0 spiro atoms. The highest BCUT2D eigenvalue weighted by Gasteiger charge is 2.45. The summed E-state index contributed by atoms with van der Waals surface area (Å²) in [6.45, 7) is 2.07. The van der Waals surface area contributed by atoms with Crippen LogP contribution < -0.4 is 10.6 Å². The summed E-state index contributed by atoms with van der Waals surface area (Å²) in [7, 11) is 0. The third kappa shape index (κ3) is 2.63. The molecule has 1 aliphatic carbocycles. The SMILES string of the molecule is CC[C@@]1(O)C(=O)OCc2c1cc1n(c2=O)Cc2c-1nc1ccc(NPI)c3c1c2CCC3. The third-order valence-corrected chi connectivity index (χ3v) is 8.29. The predicted molar refractivity (Wildman–Crippen MR) is 133 cm³/mol. The molecular formula is C23H21IN3O4P. The Bertz CT molecular complexity index is 1400. The fourth-order valence-corrected chi connectivity index (χ4v) is 6.69. The molecule has 2 aliphatic heterocycles.